The number of nitro groups is 1. The van der Waals surface area contributed by atoms with Crippen LogP contribution >= 0.6 is 0 Å². The fraction of sp³-hybridized carbons (Fsp3) is 0.273. The van der Waals surface area contributed by atoms with Crippen LogP contribution in [0.2, 0.25) is 0 Å². The van der Waals surface area contributed by atoms with Crippen molar-refractivity contribution < 1.29 is 19.2 Å². The summed E-state index contributed by atoms with van der Waals surface area (Å²) in [6.45, 7) is 0. The normalized spacial score (nSPS) is 9.72. The lowest BCUT2D eigenvalue weighted by Gasteiger charge is -2.10. The number of hydrogen-bond acceptors (Lipinski definition) is 5. The van der Waals surface area contributed by atoms with E-state index in [4.69, 9.17) is 0 Å². The van der Waals surface area contributed by atoms with Crippen molar-refractivity contribution in [2.45, 2.75) is 0 Å². The van der Waals surface area contributed by atoms with E-state index >= 15 is 0 Å². The number of hydrogen-bond donors (Lipinski definition) is 0. The molecule has 96 valence electrons. The molecular formula is C11H12N2O5. The van der Waals surface area contributed by atoms with Gasteiger partial charge in [-0.15, -0.1) is 0 Å². The highest BCUT2D eigenvalue weighted by molar-refractivity contribution is 5.98. The van der Waals surface area contributed by atoms with Gasteiger partial charge in [0.2, 0.25) is 0 Å². The third-order valence-corrected chi connectivity index (χ3v) is 2.20. The van der Waals surface area contributed by atoms with Gasteiger partial charge < -0.3 is 9.64 Å². The van der Waals surface area contributed by atoms with Crippen LogP contribution in [0.3, 0.4) is 0 Å². The number of carbonyl (C=O) groups excluding carboxylic acids is 2. The van der Waals surface area contributed by atoms with Gasteiger partial charge in [0.05, 0.1) is 17.6 Å². The minimum atomic E-state index is -0.730. The lowest BCUT2D eigenvalue weighted by molar-refractivity contribution is -0.384. The molecule has 0 aliphatic carbocycles. The van der Waals surface area contributed by atoms with Crippen LogP contribution < -0.4 is 0 Å². The summed E-state index contributed by atoms with van der Waals surface area (Å²) in [5.74, 6) is -1.16. The molecular weight excluding hydrogens is 240 g/mol. The predicted octanol–water partition coefficient (Wildman–Crippen LogP) is 1.08. The second kappa shape index (κ2) is 5.26. The fourth-order valence-corrected chi connectivity index (χ4v) is 1.33. The van der Waals surface area contributed by atoms with Crippen molar-refractivity contribution in [1.29, 1.82) is 0 Å². The molecule has 0 atom stereocenters. The summed E-state index contributed by atoms with van der Waals surface area (Å²) in [4.78, 5) is 34.4. The van der Waals surface area contributed by atoms with Crippen LogP contribution in [-0.2, 0) is 4.74 Å². The standard InChI is InChI=1S/C11H12N2O5/c1-12(2)10(14)7-4-8(11(15)18-3)6-9(5-7)13(16)17/h4-6H,1-3H3. The lowest BCUT2D eigenvalue weighted by atomic mass is 10.1. The maximum Gasteiger partial charge on any atom is 0.338 e. The van der Waals surface area contributed by atoms with Crippen molar-refractivity contribution in [2.24, 2.45) is 0 Å². The number of nitrogens with zero attached hydrogens (tertiary/aromatic N) is 2. The third kappa shape index (κ3) is 2.82. The Labute approximate surface area is 103 Å². The summed E-state index contributed by atoms with van der Waals surface area (Å²) < 4.78 is 4.48. The average molecular weight is 252 g/mol. The Kier molecular flexibility index (Phi) is 3.98. The van der Waals surface area contributed by atoms with Crippen molar-refractivity contribution in [3.8, 4) is 0 Å². The first-order valence-electron chi connectivity index (χ1n) is 4.96. The second-order valence-corrected chi connectivity index (χ2v) is 3.72. The van der Waals surface area contributed by atoms with Gasteiger partial charge in [0.15, 0.2) is 0 Å². The van der Waals surface area contributed by atoms with Crippen LogP contribution in [0.25, 0.3) is 0 Å². The number of amides is 1. The molecule has 0 aromatic heterocycles. The Balaban J connectivity index is 3.35. The predicted molar refractivity (Wildman–Crippen MR) is 62.5 cm³/mol. The Morgan fingerprint density at radius 1 is 1.22 bits per heavy atom. The Hall–Kier alpha value is -2.44. The smallest absolute Gasteiger partial charge is 0.338 e. The molecule has 1 aromatic carbocycles. The molecule has 1 rings (SSSR count). The van der Waals surface area contributed by atoms with E-state index < -0.39 is 16.8 Å². The Bertz CT molecular complexity index is 510. The zero-order valence-electron chi connectivity index (χ0n) is 10.2. The van der Waals surface area contributed by atoms with Crippen LogP contribution in [-0.4, -0.2) is 42.9 Å². The molecule has 0 aliphatic rings. The van der Waals surface area contributed by atoms with Crippen LogP contribution in [0.1, 0.15) is 20.7 Å². The van der Waals surface area contributed by atoms with Crippen LogP contribution in [0, 0.1) is 10.1 Å². The highest BCUT2D eigenvalue weighted by atomic mass is 16.6. The van der Waals surface area contributed by atoms with Crippen molar-refractivity contribution in [3.63, 3.8) is 0 Å². The first kappa shape index (κ1) is 13.6. The summed E-state index contributed by atoms with van der Waals surface area (Å²) in [5.41, 5.74) is -0.297. The SMILES string of the molecule is COC(=O)c1cc(C(=O)N(C)C)cc([N+](=O)[O-])c1. The van der Waals surface area contributed by atoms with Crippen LogP contribution in [0.5, 0.6) is 0 Å². The van der Waals surface area contributed by atoms with Gasteiger partial charge >= 0.3 is 5.97 Å². The molecule has 0 N–H and O–H groups in total. The highest BCUT2D eigenvalue weighted by Crippen LogP contribution is 2.18. The fourth-order valence-electron chi connectivity index (χ4n) is 1.33. The molecule has 1 aromatic rings. The van der Waals surface area contributed by atoms with E-state index in [1.807, 2.05) is 0 Å². The molecule has 0 aliphatic heterocycles. The van der Waals surface area contributed by atoms with Gasteiger partial charge in [-0.05, 0) is 6.07 Å². The molecule has 0 radical (unpaired) electrons. The van der Waals surface area contributed by atoms with Crippen LogP contribution in [0.4, 0.5) is 5.69 Å². The van der Waals surface area contributed by atoms with Gasteiger partial charge in [-0.25, -0.2) is 4.79 Å². The van der Waals surface area contributed by atoms with E-state index in [1.54, 1.807) is 0 Å². The number of non-ortho nitro benzene ring substituents is 1. The molecule has 0 spiro atoms. The second-order valence-electron chi connectivity index (χ2n) is 3.72. The number of methoxy groups -OCH3 is 1. The molecule has 0 unspecified atom stereocenters. The number of esters is 1. The minimum Gasteiger partial charge on any atom is -0.465 e. The number of rotatable bonds is 3. The summed E-state index contributed by atoms with van der Waals surface area (Å²) in [6.07, 6.45) is 0. The highest BCUT2D eigenvalue weighted by Gasteiger charge is 2.19. The van der Waals surface area contributed by atoms with Gasteiger partial charge in [-0.1, -0.05) is 0 Å². The van der Waals surface area contributed by atoms with Gasteiger partial charge in [0.1, 0.15) is 0 Å². The Morgan fingerprint density at radius 2 is 1.78 bits per heavy atom. The van der Waals surface area contributed by atoms with Gasteiger partial charge in [0.25, 0.3) is 11.6 Å². The molecule has 0 saturated carbocycles. The molecule has 18 heavy (non-hydrogen) atoms. The van der Waals surface area contributed by atoms with E-state index in [0.717, 1.165) is 19.2 Å². The van der Waals surface area contributed by atoms with Gasteiger partial charge in [-0.3, -0.25) is 14.9 Å². The van der Waals surface area contributed by atoms with Crippen molar-refractivity contribution in [2.75, 3.05) is 21.2 Å². The first-order chi connectivity index (χ1) is 8.36. The molecule has 7 nitrogen and oxygen atoms in total. The maximum atomic E-state index is 11.7. The van der Waals surface area contributed by atoms with Crippen molar-refractivity contribution in [3.05, 3.63) is 39.4 Å². The molecule has 0 fully saturated rings. The summed E-state index contributed by atoms with van der Waals surface area (Å²) >= 11 is 0. The van der Waals surface area contributed by atoms with Crippen molar-refractivity contribution >= 4 is 17.6 Å². The first-order valence-corrected chi connectivity index (χ1v) is 4.96. The van der Waals surface area contributed by atoms with Gasteiger partial charge in [0, 0.05) is 31.8 Å². The van der Waals surface area contributed by atoms with E-state index in [9.17, 15) is 19.7 Å². The quantitative estimate of drug-likeness (QED) is 0.456. The number of ether oxygens (including phenoxy) is 1. The molecule has 0 heterocycles. The third-order valence-electron chi connectivity index (χ3n) is 2.20. The molecule has 1 amide bonds. The van der Waals surface area contributed by atoms with Gasteiger partial charge in [-0.2, -0.15) is 0 Å². The minimum absolute atomic E-state index is 0.0306. The van der Waals surface area contributed by atoms with Crippen molar-refractivity contribution in [1.82, 2.24) is 4.90 Å². The van der Waals surface area contributed by atoms with E-state index in [0.29, 0.717) is 0 Å². The number of carbonyl (C=O) groups is 2. The van der Waals surface area contributed by atoms with E-state index in [2.05, 4.69) is 4.74 Å². The largest absolute Gasteiger partial charge is 0.465 e. The zero-order valence-corrected chi connectivity index (χ0v) is 10.2. The van der Waals surface area contributed by atoms with E-state index in [1.165, 1.54) is 25.1 Å². The summed E-state index contributed by atoms with van der Waals surface area (Å²) in [5, 5.41) is 10.7. The monoisotopic (exact) mass is 252 g/mol. The molecule has 0 bridgehead atoms. The van der Waals surface area contributed by atoms with Crippen LogP contribution in [0.15, 0.2) is 18.2 Å². The topological polar surface area (TPSA) is 89.8 Å². The summed E-state index contributed by atoms with van der Waals surface area (Å²) in [6, 6.07) is 3.45. The Morgan fingerprint density at radius 3 is 2.22 bits per heavy atom. The maximum absolute atomic E-state index is 11.7. The molecule has 0 saturated heterocycles. The number of nitro benzene ring substituents is 1. The lowest BCUT2D eigenvalue weighted by Crippen LogP contribution is -2.22. The van der Waals surface area contributed by atoms with E-state index in [-0.39, 0.29) is 16.8 Å². The average Bonchev–Trinajstić information content (AvgIpc) is 2.35. The summed E-state index contributed by atoms with van der Waals surface area (Å²) in [7, 11) is 4.19. The zero-order chi connectivity index (χ0) is 13.9. The number of benzene rings is 1. The molecule has 7 heteroatoms.